The molecule has 0 bridgehead atoms. The Balaban J connectivity index is 1.76. The molecule has 2 amide bonds. The van der Waals surface area contributed by atoms with Gasteiger partial charge in [0.15, 0.2) is 6.61 Å². The smallest absolute Gasteiger partial charge is 0.257 e. The van der Waals surface area contributed by atoms with E-state index in [1.54, 1.807) is 0 Å². The van der Waals surface area contributed by atoms with Crippen molar-refractivity contribution in [1.82, 2.24) is 5.32 Å². The van der Waals surface area contributed by atoms with Crippen molar-refractivity contribution in [2.24, 2.45) is 5.73 Å². The third-order valence-electron chi connectivity index (χ3n) is 3.13. The highest BCUT2D eigenvalue weighted by molar-refractivity contribution is 5.79. The van der Waals surface area contributed by atoms with Crippen molar-refractivity contribution in [1.29, 1.82) is 0 Å². The summed E-state index contributed by atoms with van der Waals surface area (Å²) >= 11 is 0. The van der Waals surface area contributed by atoms with Gasteiger partial charge in [0.2, 0.25) is 5.91 Å². The number of amides is 2. The summed E-state index contributed by atoms with van der Waals surface area (Å²) < 4.78 is 5.42. The second-order valence-electron chi connectivity index (χ2n) is 4.64. The van der Waals surface area contributed by atoms with Crippen LogP contribution in [0.4, 0.5) is 0 Å². The van der Waals surface area contributed by atoms with Crippen molar-refractivity contribution in [2.75, 3.05) is 13.2 Å². The lowest BCUT2D eigenvalue weighted by Crippen LogP contribution is -2.31. The molecule has 102 valence electrons. The Morgan fingerprint density at radius 3 is 2.84 bits per heavy atom. The lowest BCUT2D eigenvalue weighted by atomic mass is 10.1. The maximum absolute atomic E-state index is 11.4. The van der Waals surface area contributed by atoms with Gasteiger partial charge in [0.05, 0.1) is 0 Å². The van der Waals surface area contributed by atoms with Crippen LogP contribution in [0.2, 0.25) is 0 Å². The number of carbonyl (C=O) groups excluding carboxylic acids is 2. The predicted molar refractivity (Wildman–Crippen MR) is 70.8 cm³/mol. The van der Waals surface area contributed by atoms with E-state index in [1.807, 2.05) is 12.1 Å². The molecule has 5 heteroatoms. The van der Waals surface area contributed by atoms with Crippen LogP contribution in [0, 0.1) is 0 Å². The van der Waals surface area contributed by atoms with E-state index in [9.17, 15) is 9.59 Å². The summed E-state index contributed by atoms with van der Waals surface area (Å²) in [5.74, 6) is 0.0345. The molecule has 5 nitrogen and oxygen atoms in total. The van der Waals surface area contributed by atoms with Crippen LogP contribution >= 0.6 is 0 Å². The number of hydrogen-bond donors (Lipinski definition) is 2. The molecule has 1 aliphatic rings. The standard InChI is InChI=1S/C14H18N2O3/c15-13(17)6-7-16-14(18)9-19-12-5-4-10-2-1-3-11(10)8-12/h4-5,8H,1-3,6-7,9H2,(H2,15,17)(H,16,18). The molecule has 19 heavy (non-hydrogen) atoms. The third kappa shape index (κ3) is 3.98. The van der Waals surface area contributed by atoms with Gasteiger partial charge in [-0.15, -0.1) is 0 Å². The number of fused-ring (bicyclic) bond motifs is 1. The number of carbonyl (C=O) groups is 2. The number of benzene rings is 1. The summed E-state index contributed by atoms with van der Waals surface area (Å²) in [7, 11) is 0. The summed E-state index contributed by atoms with van der Waals surface area (Å²) in [5.41, 5.74) is 7.66. The number of nitrogens with two attached hydrogens (primary N) is 1. The Morgan fingerprint density at radius 1 is 1.26 bits per heavy atom. The van der Waals surface area contributed by atoms with Crippen molar-refractivity contribution < 1.29 is 14.3 Å². The van der Waals surface area contributed by atoms with Crippen LogP contribution in [0.3, 0.4) is 0 Å². The number of primary amides is 1. The zero-order valence-corrected chi connectivity index (χ0v) is 10.8. The predicted octanol–water partition coefficient (Wildman–Crippen LogP) is 0.546. The number of nitrogens with one attached hydrogen (secondary N) is 1. The van der Waals surface area contributed by atoms with Crippen molar-refractivity contribution in [3.63, 3.8) is 0 Å². The first-order valence-corrected chi connectivity index (χ1v) is 6.45. The van der Waals surface area contributed by atoms with E-state index in [4.69, 9.17) is 10.5 Å². The van der Waals surface area contributed by atoms with Gasteiger partial charge in [0.1, 0.15) is 5.75 Å². The molecule has 0 saturated carbocycles. The molecule has 0 aromatic heterocycles. The number of aryl methyl sites for hydroxylation is 2. The lowest BCUT2D eigenvalue weighted by Gasteiger charge is -2.08. The van der Waals surface area contributed by atoms with Crippen molar-refractivity contribution in [3.05, 3.63) is 29.3 Å². The van der Waals surface area contributed by atoms with Crippen LogP contribution in [-0.4, -0.2) is 25.0 Å². The normalized spacial score (nSPS) is 12.8. The molecule has 0 aliphatic heterocycles. The van der Waals surface area contributed by atoms with Gasteiger partial charge in [-0.1, -0.05) is 6.07 Å². The molecule has 0 fully saturated rings. The highest BCUT2D eigenvalue weighted by Crippen LogP contribution is 2.25. The number of hydrogen-bond acceptors (Lipinski definition) is 3. The largest absolute Gasteiger partial charge is 0.484 e. The molecule has 0 unspecified atom stereocenters. The highest BCUT2D eigenvalue weighted by Gasteiger charge is 2.11. The molecular weight excluding hydrogens is 244 g/mol. The Morgan fingerprint density at radius 2 is 2.05 bits per heavy atom. The quantitative estimate of drug-likeness (QED) is 0.785. The van der Waals surface area contributed by atoms with Gasteiger partial charge in [-0.25, -0.2) is 0 Å². The Hall–Kier alpha value is -2.04. The summed E-state index contributed by atoms with van der Waals surface area (Å²) in [6.07, 6.45) is 3.54. The fourth-order valence-corrected chi connectivity index (χ4v) is 2.16. The van der Waals surface area contributed by atoms with E-state index in [-0.39, 0.29) is 25.5 Å². The Kier molecular flexibility index (Phi) is 4.39. The minimum atomic E-state index is -0.431. The van der Waals surface area contributed by atoms with Crippen LogP contribution < -0.4 is 15.8 Å². The molecule has 1 aromatic rings. The van der Waals surface area contributed by atoms with Gasteiger partial charge in [-0.2, -0.15) is 0 Å². The molecule has 0 radical (unpaired) electrons. The Bertz CT molecular complexity index is 486. The monoisotopic (exact) mass is 262 g/mol. The number of ether oxygens (including phenoxy) is 1. The van der Waals surface area contributed by atoms with Gasteiger partial charge in [-0.3, -0.25) is 9.59 Å². The van der Waals surface area contributed by atoms with Gasteiger partial charge >= 0.3 is 0 Å². The van der Waals surface area contributed by atoms with E-state index < -0.39 is 5.91 Å². The second kappa shape index (κ2) is 6.22. The molecule has 1 aliphatic carbocycles. The summed E-state index contributed by atoms with van der Waals surface area (Å²) in [6.45, 7) is 0.208. The highest BCUT2D eigenvalue weighted by atomic mass is 16.5. The molecule has 0 atom stereocenters. The molecule has 0 saturated heterocycles. The Labute approximate surface area is 112 Å². The van der Waals surface area contributed by atoms with E-state index in [2.05, 4.69) is 11.4 Å². The van der Waals surface area contributed by atoms with Crippen molar-refractivity contribution in [2.45, 2.75) is 25.7 Å². The van der Waals surface area contributed by atoms with Gasteiger partial charge in [0, 0.05) is 13.0 Å². The lowest BCUT2D eigenvalue weighted by molar-refractivity contribution is -0.123. The SMILES string of the molecule is NC(=O)CCNC(=O)COc1ccc2c(c1)CCC2. The molecule has 3 N–H and O–H groups in total. The summed E-state index contributed by atoms with van der Waals surface area (Å²) in [5, 5.41) is 2.57. The topological polar surface area (TPSA) is 81.4 Å². The molecule has 0 spiro atoms. The van der Waals surface area contributed by atoms with E-state index >= 15 is 0 Å². The minimum absolute atomic E-state index is 0.0441. The molecule has 0 heterocycles. The summed E-state index contributed by atoms with van der Waals surface area (Å²) in [4.78, 5) is 22.0. The van der Waals surface area contributed by atoms with Crippen LogP contribution in [0.1, 0.15) is 24.0 Å². The van der Waals surface area contributed by atoms with E-state index in [0.29, 0.717) is 5.75 Å². The fourth-order valence-electron chi connectivity index (χ4n) is 2.16. The molecule has 2 rings (SSSR count). The average molecular weight is 262 g/mol. The molecular formula is C14H18N2O3. The maximum atomic E-state index is 11.4. The van der Waals surface area contributed by atoms with Crippen LogP contribution in [-0.2, 0) is 22.4 Å². The third-order valence-corrected chi connectivity index (χ3v) is 3.13. The van der Waals surface area contributed by atoms with Gasteiger partial charge in [-0.05, 0) is 42.5 Å². The molecule has 1 aromatic carbocycles. The van der Waals surface area contributed by atoms with Gasteiger partial charge in [0.25, 0.3) is 5.91 Å². The van der Waals surface area contributed by atoms with E-state index in [1.165, 1.54) is 17.5 Å². The first kappa shape index (κ1) is 13.4. The second-order valence-corrected chi connectivity index (χ2v) is 4.64. The van der Waals surface area contributed by atoms with Crippen LogP contribution in [0.5, 0.6) is 5.75 Å². The van der Waals surface area contributed by atoms with E-state index in [0.717, 1.165) is 12.8 Å². The van der Waals surface area contributed by atoms with Crippen molar-refractivity contribution in [3.8, 4) is 5.75 Å². The van der Waals surface area contributed by atoms with Gasteiger partial charge < -0.3 is 15.8 Å². The van der Waals surface area contributed by atoms with Crippen LogP contribution in [0.25, 0.3) is 0 Å². The first-order valence-electron chi connectivity index (χ1n) is 6.45. The minimum Gasteiger partial charge on any atom is -0.484 e. The maximum Gasteiger partial charge on any atom is 0.257 e. The van der Waals surface area contributed by atoms with Crippen molar-refractivity contribution >= 4 is 11.8 Å². The zero-order chi connectivity index (χ0) is 13.7. The van der Waals surface area contributed by atoms with Crippen LogP contribution in [0.15, 0.2) is 18.2 Å². The number of rotatable bonds is 6. The summed E-state index contributed by atoms with van der Waals surface area (Å²) in [6, 6.07) is 5.95. The fraction of sp³-hybridized carbons (Fsp3) is 0.429. The zero-order valence-electron chi connectivity index (χ0n) is 10.8. The average Bonchev–Trinajstić information content (AvgIpc) is 2.83. The first-order chi connectivity index (χ1) is 9.15.